The average Bonchev–Trinajstić information content (AvgIpc) is 1.82. The normalized spacial score (nSPS) is 11.1. The van der Waals surface area contributed by atoms with Crippen molar-refractivity contribution in [3.63, 3.8) is 0 Å². The van der Waals surface area contributed by atoms with Crippen LogP contribution in [0.5, 0.6) is 0 Å². The van der Waals surface area contributed by atoms with Crippen molar-refractivity contribution in [2.45, 2.75) is 12.2 Å². The standard InChI is InChI=1S/C5H9NO3S.Ag/c1-3(10)5(9)6-2-4(7)8;/h3,10H,2H2,1H3,(H,6,9)(H,7,8);/q;+1/p-1. The maximum atomic E-state index is 10.6. The van der Waals surface area contributed by atoms with Crippen molar-refractivity contribution >= 4 is 24.5 Å². The summed E-state index contributed by atoms with van der Waals surface area (Å²) in [6.07, 6.45) is 0. The van der Waals surface area contributed by atoms with Gasteiger partial charge in [0, 0.05) is 0 Å². The molecule has 0 aliphatic carbocycles. The van der Waals surface area contributed by atoms with E-state index in [0.717, 1.165) is 0 Å². The third kappa shape index (κ3) is 7.93. The molecule has 0 spiro atoms. The maximum absolute atomic E-state index is 10.6. The van der Waals surface area contributed by atoms with Gasteiger partial charge in [0.2, 0.25) is 5.91 Å². The Kier molecular flexibility index (Phi) is 8.32. The summed E-state index contributed by atoms with van der Waals surface area (Å²) in [6.45, 7) is 1.09. The van der Waals surface area contributed by atoms with Gasteiger partial charge in [-0.3, -0.25) is 4.79 Å². The first-order valence-electron chi connectivity index (χ1n) is 2.69. The summed E-state index contributed by atoms with van der Waals surface area (Å²) in [5.74, 6) is -1.71. The Labute approximate surface area is 85.7 Å². The number of aliphatic carboxylic acids is 1. The fraction of sp³-hybridized carbons (Fsp3) is 0.600. The molecular formula is C5H8AgNO3S. The Morgan fingerprint density at radius 1 is 1.64 bits per heavy atom. The molecule has 1 atom stereocenters. The van der Waals surface area contributed by atoms with E-state index in [4.69, 9.17) is 0 Å². The van der Waals surface area contributed by atoms with Crippen LogP contribution in [0.4, 0.5) is 0 Å². The first kappa shape index (κ1) is 13.6. The summed E-state index contributed by atoms with van der Waals surface area (Å²) in [5.41, 5.74) is 0. The van der Waals surface area contributed by atoms with E-state index in [0.29, 0.717) is 0 Å². The molecule has 1 amide bonds. The molecule has 0 aromatic heterocycles. The van der Waals surface area contributed by atoms with Crippen LogP contribution >= 0.6 is 12.6 Å². The zero-order chi connectivity index (χ0) is 8.15. The largest absolute Gasteiger partial charge is 1.00 e. The van der Waals surface area contributed by atoms with Gasteiger partial charge in [-0.1, -0.05) is 0 Å². The summed E-state index contributed by atoms with van der Waals surface area (Å²) in [6, 6.07) is 0. The van der Waals surface area contributed by atoms with Crippen LogP contribution in [0, 0.1) is 0 Å². The fourth-order valence-corrected chi connectivity index (χ4v) is 0.398. The molecule has 0 bridgehead atoms. The zero-order valence-electron chi connectivity index (χ0n) is 5.76. The number of hydrogen-bond acceptors (Lipinski definition) is 4. The van der Waals surface area contributed by atoms with E-state index in [9.17, 15) is 14.7 Å². The number of nitrogens with one attached hydrogen (secondary N) is 1. The van der Waals surface area contributed by atoms with Crippen molar-refractivity contribution in [3.05, 3.63) is 0 Å². The molecule has 68 valence electrons. The van der Waals surface area contributed by atoms with Gasteiger partial charge >= 0.3 is 22.4 Å². The molecule has 0 aliphatic rings. The van der Waals surface area contributed by atoms with Crippen LogP contribution in [-0.4, -0.2) is 23.7 Å². The van der Waals surface area contributed by atoms with Gasteiger partial charge in [0.25, 0.3) is 0 Å². The van der Waals surface area contributed by atoms with Crippen LogP contribution in [0.2, 0.25) is 0 Å². The molecule has 0 aliphatic heterocycles. The third-order valence-electron chi connectivity index (χ3n) is 0.786. The SMILES string of the molecule is CC(S)C(=O)NCC(=O)[O-].[Ag+]. The Morgan fingerprint density at radius 2 is 2.09 bits per heavy atom. The number of carboxylic acids is 1. The molecule has 0 aromatic carbocycles. The van der Waals surface area contributed by atoms with E-state index in [1.807, 2.05) is 0 Å². The van der Waals surface area contributed by atoms with Crippen LogP contribution in [0.25, 0.3) is 0 Å². The van der Waals surface area contributed by atoms with Crippen molar-refractivity contribution in [1.82, 2.24) is 5.32 Å². The van der Waals surface area contributed by atoms with E-state index < -0.39 is 23.7 Å². The predicted molar refractivity (Wildman–Crippen MR) is 36.5 cm³/mol. The summed E-state index contributed by atoms with van der Waals surface area (Å²) in [5, 5.41) is 11.4. The van der Waals surface area contributed by atoms with E-state index in [1.165, 1.54) is 0 Å². The van der Waals surface area contributed by atoms with E-state index >= 15 is 0 Å². The van der Waals surface area contributed by atoms with Gasteiger partial charge in [0.05, 0.1) is 17.8 Å². The first-order chi connectivity index (χ1) is 4.54. The molecule has 0 radical (unpaired) electrons. The van der Waals surface area contributed by atoms with Gasteiger partial charge < -0.3 is 15.2 Å². The zero-order valence-corrected chi connectivity index (χ0v) is 8.13. The van der Waals surface area contributed by atoms with Gasteiger partial charge in [0.15, 0.2) is 0 Å². The minimum absolute atomic E-state index is 0. The Morgan fingerprint density at radius 3 is 2.36 bits per heavy atom. The van der Waals surface area contributed by atoms with Crippen LogP contribution in [0.15, 0.2) is 0 Å². The molecule has 0 rings (SSSR count). The second-order valence-corrected chi connectivity index (χ2v) is 2.54. The van der Waals surface area contributed by atoms with Crippen LogP contribution < -0.4 is 10.4 Å². The second-order valence-electron chi connectivity index (χ2n) is 1.77. The summed E-state index contributed by atoms with van der Waals surface area (Å²) < 4.78 is 0. The molecule has 0 fully saturated rings. The summed E-state index contributed by atoms with van der Waals surface area (Å²) in [4.78, 5) is 20.3. The van der Waals surface area contributed by atoms with Gasteiger partial charge in [-0.15, -0.1) is 0 Å². The number of carbonyl (C=O) groups excluding carboxylic acids is 2. The molecular weight excluding hydrogens is 262 g/mol. The van der Waals surface area contributed by atoms with Crippen molar-refractivity contribution in [2.24, 2.45) is 0 Å². The van der Waals surface area contributed by atoms with Crippen molar-refractivity contribution < 1.29 is 37.1 Å². The number of rotatable bonds is 3. The van der Waals surface area contributed by atoms with Crippen molar-refractivity contribution in [1.29, 1.82) is 0 Å². The third-order valence-corrected chi connectivity index (χ3v) is 1.02. The Bertz CT molecular complexity index is 151. The minimum atomic E-state index is -1.30. The maximum Gasteiger partial charge on any atom is 1.00 e. The van der Waals surface area contributed by atoms with Crippen molar-refractivity contribution in [2.75, 3.05) is 6.54 Å². The number of amides is 1. The van der Waals surface area contributed by atoms with Gasteiger partial charge in [-0.2, -0.15) is 12.6 Å². The van der Waals surface area contributed by atoms with Crippen LogP contribution in [0.3, 0.4) is 0 Å². The monoisotopic (exact) mass is 269 g/mol. The molecule has 4 nitrogen and oxygen atoms in total. The Hall–Kier alpha value is 0.0303. The van der Waals surface area contributed by atoms with E-state index in [2.05, 4.69) is 17.9 Å². The molecule has 1 N–H and O–H groups in total. The van der Waals surface area contributed by atoms with Crippen LogP contribution in [0.1, 0.15) is 6.92 Å². The molecule has 0 saturated heterocycles. The topological polar surface area (TPSA) is 69.2 Å². The van der Waals surface area contributed by atoms with Crippen molar-refractivity contribution in [3.8, 4) is 0 Å². The molecule has 11 heavy (non-hydrogen) atoms. The van der Waals surface area contributed by atoms with E-state index in [-0.39, 0.29) is 22.4 Å². The number of thiol groups is 1. The summed E-state index contributed by atoms with van der Waals surface area (Å²) in [7, 11) is 0. The minimum Gasteiger partial charge on any atom is -0.548 e. The number of hydrogen-bond donors (Lipinski definition) is 2. The first-order valence-corrected chi connectivity index (χ1v) is 3.21. The average molecular weight is 270 g/mol. The number of carbonyl (C=O) groups is 2. The van der Waals surface area contributed by atoms with E-state index in [1.54, 1.807) is 6.92 Å². The summed E-state index contributed by atoms with van der Waals surface area (Å²) >= 11 is 3.77. The number of carboxylic acid groups (broad SMARTS) is 1. The molecule has 0 heterocycles. The van der Waals surface area contributed by atoms with Gasteiger partial charge in [-0.25, -0.2) is 0 Å². The van der Waals surface area contributed by atoms with Gasteiger partial charge in [0.1, 0.15) is 0 Å². The predicted octanol–water partition coefficient (Wildman–Crippen LogP) is -1.83. The quantitative estimate of drug-likeness (QED) is 0.468. The molecule has 1 unspecified atom stereocenters. The second kappa shape index (κ2) is 6.72. The molecule has 6 heteroatoms. The van der Waals surface area contributed by atoms with Gasteiger partial charge in [-0.05, 0) is 6.92 Å². The Balaban J connectivity index is 0. The molecule has 0 aromatic rings. The smallest absolute Gasteiger partial charge is 0.548 e. The molecule has 0 saturated carbocycles. The fourth-order valence-electron chi connectivity index (χ4n) is 0.307. The van der Waals surface area contributed by atoms with Crippen LogP contribution in [-0.2, 0) is 32.0 Å².